The molecule has 0 aliphatic heterocycles. The third kappa shape index (κ3) is 8.17. The van der Waals surface area contributed by atoms with Crippen molar-refractivity contribution in [3.63, 3.8) is 0 Å². The first-order chi connectivity index (χ1) is 3.92. The predicted molar refractivity (Wildman–Crippen MR) is 27.8 cm³/mol. The zero-order valence-electron chi connectivity index (χ0n) is 4.17. The number of hydrogen-bond acceptors (Lipinski definition) is 3. The van der Waals surface area contributed by atoms with Gasteiger partial charge in [0.05, 0.1) is 0 Å². The van der Waals surface area contributed by atoms with Crippen molar-refractivity contribution in [3.8, 4) is 0 Å². The van der Waals surface area contributed by atoms with Gasteiger partial charge in [0.15, 0.2) is 0 Å². The van der Waals surface area contributed by atoms with Gasteiger partial charge >= 0.3 is 15.9 Å². The Bertz CT molecular complexity index is 145. The van der Waals surface area contributed by atoms with E-state index in [2.05, 4.69) is 4.52 Å². The van der Waals surface area contributed by atoms with Gasteiger partial charge < -0.3 is 9.79 Å². The van der Waals surface area contributed by atoms with E-state index in [0.29, 0.717) is 0 Å². The van der Waals surface area contributed by atoms with E-state index in [9.17, 15) is 9.13 Å². The van der Waals surface area contributed by atoms with Crippen molar-refractivity contribution in [1.82, 2.24) is 0 Å². The SMILES string of the molecule is O=[P+](O)OCP(=O)(O)O. The molecule has 8 heteroatoms. The van der Waals surface area contributed by atoms with Crippen LogP contribution in [0.3, 0.4) is 0 Å². The zero-order chi connectivity index (χ0) is 7.49. The molecule has 0 fully saturated rings. The Kier molecular flexibility index (Phi) is 3.43. The second-order valence-corrected chi connectivity index (χ2v) is 3.48. The van der Waals surface area contributed by atoms with Crippen molar-refractivity contribution in [1.29, 1.82) is 0 Å². The molecule has 0 aliphatic carbocycles. The van der Waals surface area contributed by atoms with Crippen LogP contribution >= 0.6 is 15.9 Å². The van der Waals surface area contributed by atoms with Crippen LogP contribution in [0, 0.1) is 0 Å². The van der Waals surface area contributed by atoms with Gasteiger partial charge in [-0.3, -0.25) is 4.57 Å². The summed E-state index contributed by atoms with van der Waals surface area (Å²) in [6.45, 7) is 0. The lowest BCUT2D eigenvalue weighted by Crippen LogP contribution is -1.86. The number of rotatable bonds is 3. The lowest BCUT2D eigenvalue weighted by Gasteiger charge is -1.93. The molecule has 1 atom stereocenters. The smallest absolute Gasteiger partial charge is 0.323 e. The third-order valence-electron chi connectivity index (χ3n) is 0.336. The summed E-state index contributed by atoms with van der Waals surface area (Å²) in [6.07, 6.45) is -1.02. The third-order valence-corrected chi connectivity index (χ3v) is 1.36. The van der Waals surface area contributed by atoms with Gasteiger partial charge in [0.2, 0.25) is 6.35 Å². The predicted octanol–water partition coefficient (Wildman–Crippen LogP) is -0.212. The fraction of sp³-hybridized carbons (Fsp3) is 1.00. The molecule has 6 nitrogen and oxygen atoms in total. The van der Waals surface area contributed by atoms with Crippen molar-refractivity contribution in [3.05, 3.63) is 0 Å². The normalized spacial score (nSPS) is 13.4. The van der Waals surface area contributed by atoms with Crippen LogP contribution in [0.15, 0.2) is 0 Å². The van der Waals surface area contributed by atoms with Gasteiger partial charge in [-0.05, 0) is 0 Å². The lowest BCUT2D eigenvalue weighted by atomic mass is 11.7. The molecule has 1 unspecified atom stereocenters. The molecular weight excluding hydrogens is 170 g/mol. The molecule has 0 saturated heterocycles. The van der Waals surface area contributed by atoms with Gasteiger partial charge in [-0.15, -0.1) is 9.42 Å². The molecule has 0 aromatic carbocycles. The average molecular weight is 175 g/mol. The molecule has 0 spiro atoms. The molecule has 0 aromatic rings. The summed E-state index contributed by atoms with van der Waals surface area (Å²) >= 11 is 0. The molecule has 0 radical (unpaired) electrons. The van der Waals surface area contributed by atoms with E-state index in [-0.39, 0.29) is 0 Å². The summed E-state index contributed by atoms with van der Waals surface area (Å²) < 4.78 is 23.2. The van der Waals surface area contributed by atoms with Gasteiger partial charge in [0, 0.05) is 4.57 Å². The van der Waals surface area contributed by atoms with E-state index in [1.165, 1.54) is 0 Å². The quantitative estimate of drug-likeness (QED) is 0.512. The van der Waals surface area contributed by atoms with E-state index in [4.69, 9.17) is 14.7 Å². The highest BCUT2D eigenvalue weighted by atomic mass is 31.2. The Morgan fingerprint density at radius 1 is 1.56 bits per heavy atom. The highest BCUT2D eigenvalue weighted by Crippen LogP contribution is 2.37. The molecule has 0 saturated carbocycles. The molecule has 9 heavy (non-hydrogen) atoms. The Morgan fingerprint density at radius 2 is 2.00 bits per heavy atom. The van der Waals surface area contributed by atoms with Crippen molar-refractivity contribution >= 4 is 15.9 Å². The summed E-state index contributed by atoms with van der Waals surface area (Å²) in [5, 5.41) is 0. The van der Waals surface area contributed by atoms with Crippen molar-refractivity contribution < 1.29 is 28.3 Å². The lowest BCUT2D eigenvalue weighted by molar-refractivity contribution is 0.279. The molecular formula is CH5O6P2+. The van der Waals surface area contributed by atoms with Gasteiger partial charge in [-0.1, -0.05) is 0 Å². The first-order valence-corrected chi connectivity index (χ1v) is 4.68. The van der Waals surface area contributed by atoms with Gasteiger partial charge in [-0.2, -0.15) is 0 Å². The second-order valence-electron chi connectivity index (χ2n) is 1.16. The summed E-state index contributed by atoms with van der Waals surface area (Å²) in [5.74, 6) is 0. The Morgan fingerprint density at radius 3 is 2.11 bits per heavy atom. The van der Waals surface area contributed by atoms with E-state index >= 15 is 0 Å². The van der Waals surface area contributed by atoms with Crippen LogP contribution in [0.4, 0.5) is 0 Å². The molecule has 54 valence electrons. The summed E-state index contributed by atoms with van der Waals surface area (Å²) in [5.41, 5.74) is 0. The van der Waals surface area contributed by atoms with Crippen LogP contribution in [0.1, 0.15) is 0 Å². The zero-order valence-corrected chi connectivity index (χ0v) is 5.96. The first-order valence-electron chi connectivity index (χ1n) is 1.75. The summed E-state index contributed by atoms with van der Waals surface area (Å²) in [6, 6.07) is 0. The monoisotopic (exact) mass is 175 g/mol. The fourth-order valence-electron chi connectivity index (χ4n) is 0.125. The van der Waals surface area contributed by atoms with Gasteiger partial charge in [-0.25, -0.2) is 0 Å². The molecule has 3 N–H and O–H groups in total. The minimum Gasteiger partial charge on any atom is -0.323 e. The summed E-state index contributed by atoms with van der Waals surface area (Å²) in [4.78, 5) is 23.9. The van der Waals surface area contributed by atoms with E-state index < -0.39 is 22.2 Å². The molecule has 0 amide bonds. The van der Waals surface area contributed by atoms with Crippen LogP contribution in [0.5, 0.6) is 0 Å². The van der Waals surface area contributed by atoms with Crippen molar-refractivity contribution in [2.24, 2.45) is 0 Å². The molecule has 0 aliphatic rings. The Labute approximate surface area is 51.6 Å². The van der Waals surface area contributed by atoms with E-state index in [1.807, 2.05) is 0 Å². The van der Waals surface area contributed by atoms with Gasteiger partial charge in [0.1, 0.15) is 0 Å². The minimum atomic E-state index is -4.29. The van der Waals surface area contributed by atoms with Crippen LogP contribution < -0.4 is 0 Å². The van der Waals surface area contributed by atoms with Crippen LogP contribution in [-0.4, -0.2) is 21.0 Å². The topological polar surface area (TPSA) is 104 Å². The molecule has 0 heterocycles. The summed E-state index contributed by atoms with van der Waals surface area (Å²) in [7, 11) is -7.19. The van der Waals surface area contributed by atoms with Crippen molar-refractivity contribution in [2.75, 3.05) is 6.35 Å². The largest absolute Gasteiger partial charge is 0.695 e. The fourth-order valence-corrected chi connectivity index (χ4v) is 1.12. The average Bonchev–Trinajstić information content (AvgIpc) is 1.59. The van der Waals surface area contributed by atoms with Gasteiger partial charge in [0.25, 0.3) is 0 Å². The molecule has 0 bridgehead atoms. The molecule has 0 aromatic heterocycles. The maximum atomic E-state index is 9.87. The van der Waals surface area contributed by atoms with Crippen LogP contribution in [0.2, 0.25) is 0 Å². The highest BCUT2D eigenvalue weighted by Gasteiger charge is 2.22. The number of hydrogen-bond donors (Lipinski definition) is 3. The molecule has 0 rings (SSSR count). The Hall–Kier alpha value is 0.170. The first kappa shape index (κ1) is 9.17. The maximum Gasteiger partial charge on any atom is 0.695 e. The second kappa shape index (κ2) is 3.37. The highest BCUT2D eigenvalue weighted by molar-refractivity contribution is 7.52. The van der Waals surface area contributed by atoms with Crippen LogP contribution in [-0.2, 0) is 13.7 Å². The minimum absolute atomic E-state index is 1.02. The Balaban J connectivity index is 3.53. The maximum absolute atomic E-state index is 9.87. The van der Waals surface area contributed by atoms with Crippen LogP contribution in [0.25, 0.3) is 0 Å². The standard InChI is InChI=1S/CH4O6P2/c2-8(3)7-1-9(4,5)6/h1H2,(H2-,2,3,4,5,6)/p+1. The van der Waals surface area contributed by atoms with E-state index in [1.54, 1.807) is 0 Å². The van der Waals surface area contributed by atoms with Crippen molar-refractivity contribution in [2.45, 2.75) is 0 Å². The van der Waals surface area contributed by atoms with E-state index in [0.717, 1.165) is 0 Å².